The van der Waals surface area contributed by atoms with Crippen molar-refractivity contribution < 1.29 is 31.9 Å². The van der Waals surface area contributed by atoms with Crippen LogP contribution >= 0.6 is 23.2 Å². The number of hydrogen-bond donors (Lipinski definition) is 1. The van der Waals surface area contributed by atoms with Crippen molar-refractivity contribution in [1.82, 2.24) is 10.2 Å². The third-order valence-corrected chi connectivity index (χ3v) is 8.92. The van der Waals surface area contributed by atoms with Crippen molar-refractivity contribution in [2.45, 2.75) is 37.8 Å². The molecular weight excluding hydrogens is 608 g/mol. The van der Waals surface area contributed by atoms with Crippen molar-refractivity contribution in [2.24, 2.45) is 0 Å². The second-order valence-electron chi connectivity index (χ2n) is 9.52. The summed E-state index contributed by atoms with van der Waals surface area (Å²) in [6.07, 6.45) is 0.682. The number of nitrogens with zero attached hydrogens (tertiary/aromatic N) is 2. The number of sulfonamides is 1. The van der Waals surface area contributed by atoms with Crippen LogP contribution < -0.4 is 19.1 Å². The first kappa shape index (κ1) is 31.4. The summed E-state index contributed by atoms with van der Waals surface area (Å²) in [6, 6.07) is 12.6. The minimum absolute atomic E-state index is 0.0483. The molecule has 0 saturated carbocycles. The lowest BCUT2D eigenvalue weighted by Crippen LogP contribution is -2.51. The zero-order valence-electron chi connectivity index (χ0n) is 23.0. The van der Waals surface area contributed by atoms with Gasteiger partial charge in [0.25, 0.3) is 10.0 Å². The van der Waals surface area contributed by atoms with E-state index in [-0.39, 0.29) is 34.5 Å². The van der Waals surface area contributed by atoms with Crippen LogP contribution in [-0.4, -0.2) is 57.5 Å². The van der Waals surface area contributed by atoms with Gasteiger partial charge < -0.3 is 19.7 Å². The van der Waals surface area contributed by atoms with Crippen molar-refractivity contribution >= 4 is 50.7 Å². The van der Waals surface area contributed by atoms with Gasteiger partial charge in [0.1, 0.15) is 31.6 Å². The third kappa shape index (κ3) is 7.26. The zero-order valence-corrected chi connectivity index (χ0v) is 25.3. The topological polar surface area (TPSA) is 105 Å². The van der Waals surface area contributed by atoms with Gasteiger partial charge in [-0.15, -0.1) is 0 Å². The van der Waals surface area contributed by atoms with E-state index in [1.165, 1.54) is 41.3 Å². The predicted octanol–water partition coefficient (Wildman–Crippen LogP) is 5.04. The molecule has 1 atom stereocenters. The SMILES string of the molecule is CCCNC(=O)[C@@H](C)N(Cc1ccc(Cl)cc1Cl)C(=O)CN(c1ccc(F)cc1)S(=O)(=O)c1ccc2c(c1)OCCO2. The molecule has 3 aromatic carbocycles. The number of hydrogen-bond acceptors (Lipinski definition) is 6. The van der Waals surface area contributed by atoms with Gasteiger partial charge in [0.2, 0.25) is 11.8 Å². The van der Waals surface area contributed by atoms with Crippen LogP contribution in [0.3, 0.4) is 0 Å². The fourth-order valence-corrected chi connectivity index (χ4v) is 6.16. The molecule has 4 rings (SSSR count). The standard InChI is InChI=1S/C29H30Cl2FN3O6S/c1-3-12-33-29(37)19(2)34(17-20-4-5-21(30)15-25(20)31)28(36)18-35(23-8-6-22(32)7-9-23)42(38,39)24-10-11-26-27(16-24)41-14-13-40-26/h4-11,15-16,19H,3,12-14,17-18H2,1-2H3,(H,33,37)/t19-/m1/s1. The van der Waals surface area contributed by atoms with Crippen LogP contribution in [0.5, 0.6) is 11.5 Å². The van der Waals surface area contributed by atoms with Gasteiger partial charge in [-0.25, -0.2) is 12.8 Å². The van der Waals surface area contributed by atoms with Crippen LogP contribution in [0.15, 0.2) is 65.6 Å². The number of ether oxygens (including phenoxy) is 2. The fourth-order valence-electron chi connectivity index (χ4n) is 4.26. The van der Waals surface area contributed by atoms with Gasteiger partial charge in [-0.2, -0.15) is 0 Å². The summed E-state index contributed by atoms with van der Waals surface area (Å²) in [5, 5.41) is 3.44. The lowest BCUT2D eigenvalue weighted by Gasteiger charge is -2.32. The minimum atomic E-state index is -4.39. The van der Waals surface area contributed by atoms with Gasteiger partial charge in [-0.3, -0.25) is 13.9 Å². The highest BCUT2D eigenvalue weighted by Gasteiger charge is 2.33. The Morgan fingerprint density at radius 1 is 1.00 bits per heavy atom. The molecular formula is C29H30Cl2FN3O6S. The maximum absolute atomic E-state index is 14.0. The summed E-state index contributed by atoms with van der Waals surface area (Å²) in [6.45, 7) is 3.61. The Morgan fingerprint density at radius 2 is 1.69 bits per heavy atom. The van der Waals surface area contributed by atoms with Crippen molar-refractivity contribution in [2.75, 3.05) is 30.6 Å². The van der Waals surface area contributed by atoms with Crippen LogP contribution in [0.1, 0.15) is 25.8 Å². The van der Waals surface area contributed by atoms with Crippen molar-refractivity contribution in [3.63, 3.8) is 0 Å². The Hall–Kier alpha value is -3.54. The largest absolute Gasteiger partial charge is 0.486 e. The van der Waals surface area contributed by atoms with E-state index in [1.54, 1.807) is 19.1 Å². The molecule has 0 aromatic heterocycles. The zero-order chi connectivity index (χ0) is 30.4. The first-order chi connectivity index (χ1) is 20.0. The minimum Gasteiger partial charge on any atom is -0.486 e. The lowest BCUT2D eigenvalue weighted by molar-refractivity contribution is -0.139. The second-order valence-corrected chi connectivity index (χ2v) is 12.2. The molecule has 42 heavy (non-hydrogen) atoms. The molecule has 2 amide bonds. The van der Waals surface area contributed by atoms with Gasteiger partial charge in [-0.05, 0) is 67.4 Å². The average Bonchev–Trinajstić information content (AvgIpc) is 2.98. The molecule has 0 radical (unpaired) electrons. The van der Waals surface area contributed by atoms with Crippen molar-refractivity contribution in [3.05, 3.63) is 82.1 Å². The number of carbonyl (C=O) groups is 2. The van der Waals surface area contributed by atoms with Crippen LogP contribution in [0, 0.1) is 5.82 Å². The van der Waals surface area contributed by atoms with E-state index < -0.39 is 40.2 Å². The molecule has 9 nitrogen and oxygen atoms in total. The molecule has 0 unspecified atom stereocenters. The fraction of sp³-hybridized carbons (Fsp3) is 0.310. The van der Waals surface area contributed by atoms with Crippen LogP contribution in [0.4, 0.5) is 10.1 Å². The number of nitrogens with one attached hydrogen (secondary N) is 1. The molecule has 0 fully saturated rings. The first-order valence-electron chi connectivity index (χ1n) is 13.2. The first-order valence-corrected chi connectivity index (χ1v) is 15.4. The van der Waals surface area contributed by atoms with Gasteiger partial charge in [0, 0.05) is 29.2 Å². The molecule has 1 aliphatic heterocycles. The van der Waals surface area contributed by atoms with Gasteiger partial charge >= 0.3 is 0 Å². The maximum Gasteiger partial charge on any atom is 0.264 e. The van der Waals surface area contributed by atoms with Crippen molar-refractivity contribution in [3.8, 4) is 11.5 Å². The second kappa shape index (κ2) is 13.6. The summed E-state index contributed by atoms with van der Waals surface area (Å²) >= 11 is 12.4. The Bertz CT molecular complexity index is 1560. The Morgan fingerprint density at radius 3 is 2.36 bits per heavy atom. The van der Waals surface area contributed by atoms with E-state index in [2.05, 4.69) is 5.32 Å². The van der Waals surface area contributed by atoms with Gasteiger partial charge in [0.05, 0.1) is 10.6 Å². The summed E-state index contributed by atoms with van der Waals surface area (Å²) < 4.78 is 53.8. The number of anilines is 1. The van der Waals surface area contributed by atoms with E-state index in [4.69, 9.17) is 32.7 Å². The highest BCUT2D eigenvalue weighted by molar-refractivity contribution is 7.92. The van der Waals surface area contributed by atoms with E-state index in [0.29, 0.717) is 35.9 Å². The molecule has 13 heteroatoms. The van der Waals surface area contributed by atoms with Crippen LogP contribution in [0.2, 0.25) is 10.0 Å². The number of rotatable bonds is 11. The monoisotopic (exact) mass is 637 g/mol. The van der Waals surface area contributed by atoms with Gasteiger partial charge in [-0.1, -0.05) is 36.2 Å². The number of benzene rings is 3. The number of fused-ring (bicyclic) bond motifs is 1. The quantitative estimate of drug-likeness (QED) is 0.316. The molecule has 3 aromatic rings. The van der Waals surface area contributed by atoms with E-state index in [1.807, 2.05) is 6.92 Å². The van der Waals surface area contributed by atoms with Gasteiger partial charge in [0.15, 0.2) is 11.5 Å². The van der Waals surface area contributed by atoms with E-state index in [0.717, 1.165) is 16.4 Å². The molecule has 0 bridgehead atoms. The number of carbonyl (C=O) groups excluding carboxylic acids is 2. The van der Waals surface area contributed by atoms with Crippen molar-refractivity contribution in [1.29, 1.82) is 0 Å². The van der Waals surface area contributed by atoms with Crippen LogP contribution in [-0.2, 0) is 26.2 Å². The Kier molecular flexibility index (Phi) is 10.2. The Labute approximate surface area is 254 Å². The molecule has 0 saturated heterocycles. The van der Waals surface area contributed by atoms with E-state index >= 15 is 0 Å². The Balaban J connectivity index is 1.73. The molecule has 1 heterocycles. The average molecular weight is 639 g/mol. The highest BCUT2D eigenvalue weighted by Crippen LogP contribution is 2.34. The molecule has 1 aliphatic rings. The summed E-state index contributed by atoms with van der Waals surface area (Å²) in [7, 11) is -4.39. The normalized spacial score (nSPS) is 13.3. The maximum atomic E-state index is 14.0. The van der Waals surface area contributed by atoms with E-state index in [9.17, 15) is 22.4 Å². The summed E-state index contributed by atoms with van der Waals surface area (Å²) in [5.41, 5.74) is 0.555. The van der Waals surface area contributed by atoms with Crippen LogP contribution in [0.25, 0.3) is 0 Å². The predicted molar refractivity (Wildman–Crippen MR) is 158 cm³/mol. The smallest absolute Gasteiger partial charge is 0.264 e. The molecule has 0 spiro atoms. The molecule has 0 aliphatic carbocycles. The third-order valence-electron chi connectivity index (χ3n) is 6.57. The number of halogens is 3. The summed E-state index contributed by atoms with van der Waals surface area (Å²) in [5.74, 6) is -1.05. The lowest BCUT2D eigenvalue weighted by atomic mass is 10.1. The molecule has 224 valence electrons. The summed E-state index contributed by atoms with van der Waals surface area (Å²) in [4.78, 5) is 28.0. The number of amides is 2. The highest BCUT2D eigenvalue weighted by atomic mass is 35.5. The molecule has 1 N–H and O–H groups in total.